The summed E-state index contributed by atoms with van der Waals surface area (Å²) in [5.74, 6) is 0. The maximum atomic E-state index is 4.93. The van der Waals surface area contributed by atoms with Crippen LogP contribution in [0, 0.1) is 13.8 Å². The van der Waals surface area contributed by atoms with Crippen molar-refractivity contribution in [2.45, 2.75) is 78.3 Å². The SMILES string of the molecule is C=CCCCCc1cccc2[cH-]c(C)cc12.C=CCCCCc1cccc2[cH-]c(C)cc12.C[Si]C.[Cl][Zr+2][Cl]. The summed E-state index contributed by atoms with van der Waals surface area (Å²) in [5, 5.41) is 5.66. The van der Waals surface area contributed by atoms with Gasteiger partial charge in [0.15, 0.2) is 0 Å². The van der Waals surface area contributed by atoms with Crippen molar-refractivity contribution in [1.82, 2.24) is 0 Å². The molecule has 4 heteroatoms. The maximum absolute atomic E-state index is 4.93. The molecule has 0 fully saturated rings. The molecule has 0 bridgehead atoms. The van der Waals surface area contributed by atoms with Gasteiger partial charge in [-0.2, -0.15) is 12.1 Å². The summed E-state index contributed by atoms with van der Waals surface area (Å²) in [6, 6.07) is 22.4. The third-order valence-electron chi connectivity index (χ3n) is 6.18. The fourth-order valence-electron chi connectivity index (χ4n) is 4.54. The molecule has 0 unspecified atom stereocenters. The zero-order valence-corrected chi connectivity index (χ0v) is 28.7. The van der Waals surface area contributed by atoms with Crippen LogP contribution in [-0.4, -0.2) is 9.52 Å². The monoisotopic (exact) mass is 640 g/mol. The van der Waals surface area contributed by atoms with Crippen molar-refractivity contribution in [3.05, 3.63) is 108 Å². The minimum absolute atomic E-state index is 0.826. The number of aryl methyl sites for hydroxylation is 4. The second-order valence-corrected chi connectivity index (χ2v) is 14.3. The Kier molecular flexibility index (Phi) is 19.8. The average molecular weight is 643 g/mol. The molecule has 2 radical (unpaired) electrons. The van der Waals surface area contributed by atoms with Gasteiger partial charge >= 0.3 is 37.9 Å². The summed E-state index contributed by atoms with van der Waals surface area (Å²) in [7, 11) is 11.0. The molecule has 0 atom stereocenters. The van der Waals surface area contributed by atoms with E-state index >= 15 is 0 Å². The van der Waals surface area contributed by atoms with Gasteiger partial charge in [0.2, 0.25) is 0 Å². The van der Waals surface area contributed by atoms with Gasteiger partial charge in [-0.05, 0) is 51.4 Å². The number of fused-ring (bicyclic) bond motifs is 2. The van der Waals surface area contributed by atoms with Crippen molar-refractivity contribution in [1.29, 1.82) is 0 Å². The number of unbranched alkanes of at least 4 members (excludes halogenated alkanes) is 4. The van der Waals surface area contributed by atoms with Gasteiger partial charge < -0.3 is 0 Å². The van der Waals surface area contributed by atoms with Crippen LogP contribution in [0.3, 0.4) is 0 Å². The zero-order chi connectivity index (χ0) is 28.2. The first kappa shape index (κ1) is 34.8. The van der Waals surface area contributed by atoms with Gasteiger partial charge in [-0.3, -0.25) is 0 Å². The van der Waals surface area contributed by atoms with E-state index in [4.69, 9.17) is 17.0 Å². The van der Waals surface area contributed by atoms with Crippen molar-refractivity contribution in [2.75, 3.05) is 0 Å². The summed E-state index contributed by atoms with van der Waals surface area (Å²) in [6.45, 7) is 16.2. The van der Waals surface area contributed by atoms with E-state index in [2.05, 4.69) is 101 Å². The topological polar surface area (TPSA) is 0 Å². The fourth-order valence-corrected chi connectivity index (χ4v) is 4.54. The number of rotatable bonds is 10. The van der Waals surface area contributed by atoms with Gasteiger partial charge in [0.05, 0.1) is 0 Å². The summed E-state index contributed by atoms with van der Waals surface area (Å²) < 4.78 is 0. The first-order valence-electron chi connectivity index (χ1n) is 13.5. The molecule has 0 N–H and O–H groups in total. The molecule has 0 aliphatic carbocycles. The van der Waals surface area contributed by atoms with E-state index in [1.807, 2.05) is 12.2 Å². The Morgan fingerprint density at radius 2 is 1.11 bits per heavy atom. The van der Waals surface area contributed by atoms with E-state index in [0.717, 1.165) is 22.4 Å². The Morgan fingerprint density at radius 3 is 1.45 bits per heavy atom. The van der Waals surface area contributed by atoms with Crippen LogP contribution in [0.1, 0.15) is 60.8 Å². The molecule has 0 saturated carbocycles. The van der Waals surface area contributed by atoms with E-state index in [1.54, 1.807) is 0 Å². The number of benzene rings is 2. The van der Waals surface area contributed by atoms with Gasteiger partial charge in [-0.25, -0.2) is 0 Å². The normalized spacial score (nSPS) is 9.84. The van der Waals surface area contributed by atoms with Gasteiger partial charge in [0, 0.05) is 9.52 Å². The van der Waals surface area contributed by atoms with Gasteiger partial charge in [-0.1, -0.05) is 62.4 Å². The van der Waals surface area contributed by atoms with Crippen molar-refractivity contribution >= 4 is 48.1 Å². The van der Waals surface area contributed by atoms with Crippen molar-refractivity contribution in [2.24, 2.45) is 0 Å². The van der Waals surface area contributed by atoms with Crippen molar-refractivity contribution in [3.8, 4) is 0 Å². The molecule has 0 aliphatic rings. The molecule has 0 spiro atoms. The molecule has 4 rings (SSSR count). The molecule has 0 aromatic heterocycles. The Balaban J connectivity index is 0.000000315. The third kappa shape index (κ3) is 13.3. The van der Waals surface area contributed by atoms with Crippen molar-refractivity contribution in [3.63, 3.8) is 0 Å². The van der Waals surface area contributed by atoms with Crippen LogP contribution < -0.4 is 0 Å². The second kappa shape index (κ2) is 21.6. The van der Waals surface area contributed by atoms with Crippen LogP contribution in [0.5, 0.6) is 0 Å². The predicted molar refractivity (Wildman–Crippen MR) is 173 cm³/mol. The molecule has 0 saturated heterocycles. The first-order chi connectivity index (χ1) is 18.4. The zero-order valence-electron chi connectivity index (χ0n) is 23.8. The minimum atomic E-state index is -0.826. The molecule has 38 heavy (non-hydrogen) atoms. The molecule has 0 nitrogen and oxygen atoms in total. The van der Waals surface area contributed by atoms with Gasteiger partial charge in [0.25, 0.3) is 0 Å². The van der Waals surface area contributed by atoms with Crippen LogP contribution >= 0.6 is 17.0 Å². The predicted octanol–water partition coefficient (Wildman–Crippen LogP) is 11.7. The molecule has 0 aliphatic heterocycles. The van der Waals surface area contributed by atoms with E-state index in [-0.39, 0.29) is 0 Å². The van der Waals surface area contributed by atoms with Gasteiger partial charge in [-0.15, -0.1) is 82.2 Å². The summed E-state index contributed by atoms with van der Waals surface area (Å²) in [4.78, 5) is 0. The van der Waals surface area contributed by atoms with E-state index in [9.17, 15) is 0 Å². The molecule has 4 aromatic carbocycles. The van der Waals surface area contributed by atoms with Crippen LogP contribution in [0.4, 0.5) is 0 Å². The summed E-state index contributed by atoms with van der Waals surface area (Å²) in [5.41, 5.74) is 5.73. The Labute approximate surface area is 253 Å². The number of allylic oxidation sites excluding steroid dienone is 2. The molecule has 4 aromatic rings. The Morgan fingerprint density at radius 1 is 0.737 bits per heavy atom. The fraction of sp³-hybridized carbons (Fsp3) is 0.353. The number of hydrogen-bond donors (Lipinski definition) is 0. The summed E-state index contributed by atoms with van der Waals surface area (Å²) >= 11 is -0.826. The quantitative estimate of drug-likeness (QED) is 0.0699. The molecule has 0 amide bonds. The van der Waals surface area contributed by atoms with Gasteiger partial charge in [0.1, 0.15) is 0 Å². The third-order valence-corrected chi connectivity index (χ3v) is 6.18. The molecular formula is C34H44Cl2SiZr. The van der Waals surface area contributed by atoms with E-state index in [1.165, 1.54) is 82.3 Å². The van der Waals surface area contributed by atoms with Crippen LogP contribution in [-0.2, 0) is 33.7 Å². The second-order valence-electron chi connectivity index (χ2n) is 9.55. The standard InChI is InChI=1S/2C16H19.C2H6Si.2ClH.Zr/c2*1-3-4-5-6-8-14-9-7-10-15-11-13(2)12-16(14)15;1-3-2;;;/h2*3,7,9-12H,1,4-6,8H2,2H3;1-2H3;2*1H;/q2*-1;;;;+4/p-2. The number of halogens is 2. The molecule has 0 heterocycles. The van der Waals surface area contributed by atoms with E-state index < -0.39 is 20.8 Å². The number of hydrogen-bond acceptors (Lipinski definition) is 0. The van der Waals surface area contributed by atoms with Crippen LogP contribution in [0.2, 0.25) is 13.1 Å². The van der Waals surface area contributed by atoms with Crippen LogP contribution in [0.25, 0.3) is 21.5 Å². The van der Waals surface area contributed by atoms with Crippen LogP contribution in [0.15, 0.2) is 86.0 Å². The Bertz CT molecular complexity index is 1090. The Hall–Kier alpha value is -1.18. The molecular weight excluding hydrogens is 599 g/mol. The first-order valence-corrected chi connectivity index (χ1v) is 21.8. The van der Waals surface area contributed by atoms with Crippen molar-refractivity contribution < 1.29 is 20.8 Å². The summed E-state index contributed by atoms with van der Waals surface area (Å²) in [6.07, 6.45) is 13.7. The average Bonchev–Trinajstić information content (AvgIpc) is 3.47. The van der Waals surface area contributed by atoms with E-state index in [0.29, 0.717) is 0 Å². The molecule has 202 valence electrons.